The lowest BCUT2D eigenvalue weighted by molar-refractivity contribution is 0.112. The Bertz CT molecular complexity index is 851. The highest BCUT2D eigenvalue weighted by Crippen LogP contribution is 2.36. The molecule has 0 unspecified atom stereocenters. The standard InChI is InChI=1S/C17H15NO4/c1-10-4-5-14-13(6-10)18-17(22-14)12-8-15(20-2)11(9-19)7-16(12)21-3/h4-9H,1-3H3. The number of methoxy groups -OCH3 is 2. The van der Waals surface area contributed by atoms with Crippen LogP contribution in [0.4, 0.5) is 0 Å². The van der Waals surface area contributed by atoms with Gasteiger partial charge in [0.2, 0.25) is 5.89 Å². The summed E-state index contributed by atoms with van der Waals surface area (Å²) in [5.74, 6) is 1.38. The molecule has 0 saturated heterocycles. The van der Waals surface area contributed by atoms with Crippen LogP contribution in [0.5, 0.6) is 11.5 Å². The summed E-state index contributed by atoms with van der Waals surface area (Å²) in [6.45, 7) is 2.00. The zero-order chi connectivity index (χ0) is 15.7. The van der Waals surface area contributed by atoms with Crippen molar-refractivity contribution in [3.63, 3.8) is 0 Å². The fourth-order valence-corrected chi connectivity index (χ4v) is 2.33. The first-order valence-corrected chi connectivity index (χ1v) is 6.75. The van der Waals surface area contributed by atoms with Gasteiger partial charge in [-0.25, -0.2) is 4.98 Å². The first-order valence-electron chi connectivity index (χ1n) is 6.75. The normalized spacial score (nSPS) is 10.7. The van der Waals surface area contributed by atoms with E-state index in [0.29, 0.717) is 34.1 Å². The Hall–Kier alpha value is -2.82. The molecule has 0 radical (unpaired) electrons. The number of fused-ring (bicyclic) bond motifs is 1. The van der Waals surface area contributed by atoms with Gasteiger partial charge in [0.25, 0.3) is 0 Å². The highest BCUT2D eigenvalue weighted by molar-refractivity contribution is 5.85. The van der Waals surface area contributed by atoms with Crippen molar-refractivity contribution in [1.29, 1.82) is 0 Å². The van der Waals surface area contributed by atoms with E-state index in [2.05, 4.69) is 4.98 Å². The minimum absolute atomic E-state index is 0.412. The van der Waals surface area contributed by atoms with Gasteiger partial charge in [-0.3, -0.25) is 4.79 Å². The molecular formula is C17H15NO4. The molecule has 0 aliphatic heterocycles. The lowest BCUT2D eigenvalue weighted by atomic mass is 10.1. The van der Waals surface area contributed by atoms with Gasteiger partial charge in [-0.2, -0.15) is 0 Å². The van der Waals surface area contributed by atoms with Crippen LogP contribution in [0.2, 0.25) is 0 Å². The van der Waals surface area contributed by atoms with Gasteiger partial charge in [0, 0.05) is 0 Å². The summed E-state index contributed by atoms with van der Waals surface area (Å²) in [4.78, 5) is 15.6. The number of ether oxygens (including phenoxy) is 2. The van der Waals surface area contributed by atoms with Gasteiger partial charge in [0.15, 0.2) is 11.9 Å². The summed E-state index contributed by atoms with van der Waals surface area (Å²) in [6.07, 6.45) is 0.723. The maximum atomic E-state index is 11.1. The van der Waals surface area contributed by atoms with E-state index in [4.69, 9.17) is 13.9 Å². The maximum Gasteiger partial charge on any atom is 0.231 e. The quantitative estimate of drug-likeness (QED) is 0.688. The molecule has 0 saturated carbocycles. The molecule has 0 aliphatic carbocycles. The van der Waals surface area contributed by atoms with Crippen molar-refractivity contribution >= 4 is 17.4 Å². The average Bonchev–Trinajstić information content (AvgIpc) is 2.96. The Kier molecular flexibility index (Phi) is 3.55. The second-order valence-corrected chi connectivity index (χ2v) is 4.90. The predicted molar refractivity (Wildman–Crippen MR) is 82.7 cm³/mol. The SMILES string of the molecule is COc1cc(-c2nc3cc(C)ccc3o2)c(OC)cc1C=O. The lowest BCUT2D eigenvalue weighted by Crippen LogP contribution is -1.95. The third-order valence-electron chi connectivity index (χ3n) is 3.45. The van der Waals surface area contributed by atoms with E-state index in [9.17, 15) is 4.79 Å². The summed E-state index contributed by atoms with van der Waals surface area (Å²) in [5, 5.41) is 0. The van der Waals surface area contributed by atoms with Crippen LogP contribution >= 0.6 is 0 Å². The van der Waals surface area contributed by atoms with Crippen molar-refractivity contribution in [1.82, 2.24) is 4.98 Å². The lowest BCUT2D eigenvalue weighted by Gasteiger charge is -2.10. The number of hydrogen-bond acceptors (Lipinski definition) is 5. The second-order valence-electron chi connectivity index (χ2n) is 4.90. The van der Waals surface area contributed by atoms with Crippen molar-refractivity contribution in [2.45, 2.75) is 6.92 Å². The minimum Gasteiger partial charge on any atom is -0.496 e. The van der Waals surface area contributed by atoms with Crippen LogP contribution in [0.1, 0.15) is 15.9 Å². The van der Waals surface area contributed by atoms with Crippen LogP contribution in [0, 0.1) is 6.92 Å². The van der Waals surface area contributed by atoms with E-state index in [1.54, 1.807) is 12.1 Å². The van der Waals surface area contributed by atoms with Gasteiger partial charge >= 0.3 is 0 Å². The highest BCUT2D eigenvalue weighted by Gasteiger charge is 2.17. The van der Waals surface area contributed by atoms with E-state index < -0.39 is 0 Å². The minimum atomic E-state index is 0.412. The van der Waals surface area contributed by atoms with E-state index in [1.807, 2.05) is 25.1 Å². The largest absolute Gasteiger partial charge is 0.496 e. The molecule has 0 fully saturated rings. The van der Waals surface area contributed by atoms with Crippen molar-refractivity contribution < 1.29 is 18.7 Å². The molecule has 0 aliphatic rings. The fourth-order valence-electron chi connectivity index (χ4n) is 2.33. The molecule has 5 nitrogen and oxygen atoms in total. The number of carbonyl (C=O) groups is 1. The summed E-state index contributed by atoms with van der Waals surface area (Å²) in [5.41, 5.74) is 3.62. The number of nitrogens with zero attached hydrogens (tertiary/aromatic N) is 1. The van der Waals surface area contributed by atoms with Gasteiger partial charge in [-0.15, -0.1) is 0 Å². The van der Waals surface area contributed by atoms with Crippen LogP contribution in [-0.2, 0) is 0 Å². The van der Waals surface area contributed by atoms with E-state index in [1.165, 1.54) is 14.2 Å². The number of aldehydes is 1. The zero-order valence-electron chi connectivity index (χ0n) is 12.5. The van der Waals surface area contributed by atoms with Crippen molar-refractivity contribution in [2.24, 2.45) is 0 Å². The van der Waals surface area contributed by atoms with Crippen LogP contribution in [0.15, 0.2) is 34.7 Å². The fraction of sp³-hybridized carbons (Fsp3) is 0.176. The maximum absolute atomic E-state index is 11.1. The predicted octanol–water partition coefficient (Wildman–Crippen LogP) is 3.63. The number of hydrogen-bond donors (Lipinski definition) is 0. The Morgan fingerprint density at radius 1 is 1.09 bits per heavy atom. The summed E-state index contributed by atoms with van der Waals surface area (Å²) >= 11 is 0. The van der Waals surface area contributed by atoms with Gasteiger partial charge in [-0.05, 0) is 36.8 Å². The highest BCUT2D eigenvalue weighted by atomic mass is 16.5. The number of benzene rings is 2. The molecule has 1 heterocycles. The van der Waals surface area contributed by atoms with Gasteiger partial charge in [0.05, 0.1) is 25.3 Å². The van der Waals surface area contributed by atoms with Gasteiger partial charge in [-0.1, -0.05) is 6.07 Å². The summed E-state index contributed by atoms with van der Waals surface area (Å²) in [7, 11) is 3.04. The van der Waals surface area contributed by atoms with Crippen molar-refractivity contribution in [2.75, 3.05) is 14.2 Å². The molecule has 1 aromatic heterocycles. The topological polar surface area (TPSA) is 61.6 Å². The van der Waals surface area contributed by atoms with Crippen LogP contribution in [0.3, 0.4) is 0 Å². The van der Waals surface area contributed by atoms with E-state index >= 15 is 0 Å². The van der Waals surface area contributed by atoms with E-state index in [-0.39, 0.29) is 0 Å². The second kappa shape index (κ2) is 5.52. The van der Waals surface area contributed by atoms with Crippen molar-refractivity contribution in [3.8, 4) is 23.0 Å². The summed E-state index contributed by atoms with van der Waals surface area (Å²) < 4.78 is 16.4. The molecule has 112 valence electrons. The number of aryl methyl sites for hydroxylation is 1. The molecule has 22 heavy (non-hydrogen) atoms. The number of aromatic nitrogens is 1. The third kappa shape index (κ3) is 2.30. The van der Waals surface area contributed by atoms with Crippen molar-refractivity contribution in [3.05, 3.63) is 41.5 Å². The Morgan fingerprint density at radius 2 is 1.86 bits per heavy atom. The molecule has 0 atom stereocenters. The zero-order valence-corrected chi connectivity index (χ0v) is 12.5. The van der Waals surface area contributed by atoms with E-state index in [0.717, 1.165) is 17.4 Å². The van der Waals surface area contributed by atoms with Crippen LogP contribution < -0.4 is 9.47 Å². The number of carbonyl (C=O) groups excluding carboxylic acids is 1. The Labute approximate surface area is 127 Å². The molecule has 3 rings (SSSR count). The van der Waals surface area contributed by atoms with Crippen LogP contribution in [0.25, 0.3) is 22.6 Å². The first kappa shape index (κ1) is 14.1. The molecule has 0 bridgehead atoms. The van der Waals surface area contributed by atoms with Crippen LogP contribution in [-0.4, -0.2) is 25.5 Å². The molecular weight excluding hydrogens is 282 g/mol. The third-order valence-corrected chi connectivity index (χ3v) is 3.45. The molecule has 0 N–H and O–H groups in total. The molecule has 0 amide bonds. The average molecular weight is 297 g/mol. The Balaban J connectivity index is 2.21. The monoisotopic (exact) mass is 297 g/mol. The number of oxazole rings is 1. The Morgan fingerprint density at radius 3 is 2.55 bits per heavy atom. The molecule has 5 heteroatoms. The van der Waals surface area contributed by atoms with Gasteiger partial charge in [0.1, 0.15) is 17.0 Å². The smallest absolute Gasteiger partial charge is 0.231 e. The first-order chi connectivity index (χ1) is 10.7. The molecule has 0 spiro atoms. The summed E-state index contributed by atoms with van der Waals surface area (Å²) in [6, 6.07) is 9.10. The molecule has 2 aromatic carbocycles. The molecule has 3 aromatic rings. The number of rotatable bonds is 4. The van der Waals surface area contributed by atoms with Gasteiger partial charge < -0.3 is 13.9 Å².